The van der Waals surface area contributed by atoms with Crippen LogP contribution in [0.2, 0.25) is 0 Å². The number of aromatic nitrogens is 4. The molecule has 3 rings (SSSR count). The predicted molar refractivity (Wildman–Crippen MR) is 87.4 cm³/mol. The fraction of sp³-hybridized carbons (Fsp3) is 0.333. The summed E-state index contributed by atoms with van der Waals surface area (Å²) in [5.41, 5.74) is 0.851. The van der Waals surface area contributed by atoms with E-state index < -0.39 is 0 Å². The van der Waals surface area contributed by atoms with E-state index in [9.17, 15) is 0 Å². The lowest BCUT2D eigenvalue weighted by atomic mass is 10.2. The summed E-state index contributed by atoms with van der Waals surface area (Å²) in [6.07, 6.45) is 0. The number of rotatable bonds is 5. The first kappa shape index (κ1) is 14.6. The average Bonchev–Trinajstić information content (AvgIpc) is 2.94. The lowest BCUT2D eigenvalue weighted by Crippen LogP contribution is -2.10. The Morgan fingerprint density at radius 3 is 2.77 bits per heavy atom. The smallest absolute Gasteiger partial charge is 0.318 e. The summed E-state index contributed by atoms with van der Waals surface area (Å²) >= 11 is 1.58. The summed E-state index contributed by atoms with van der Waals surface area (Å²) in [6, 6.07) is 8.25. The molecule has 0 saturated heterocycles. The molecule has 114 valence electrons. The topological polar surface area (TPSA) is 72.8 Å². The van der Waals surface area contributed by atoms with Crippen LogP contribution in [0.3, 0.4) is 0 Å². The maximum Gasteiger partial charge on any atom is 0.318 e. The molecule has 2 aromatic heterocycles. The Morgan fingerprint density at radius 1 is 1.23 bits per heavy atom. The van der Waals surface area contributed by atoms with Crippen molar-refractivity contribution in [1.29, 1.82) is 0 Å². The van der Waals surface area contributed by atoms with Crippen LogP contribution in [-0.4, -0.2) is 26.8 Å². The highest BCUT2D eigenvalue weighted by Gasteiger charge is 2.14. The van der Waals surface area contributed by atoms with Crippen molar-refractivity contribution >= 4 is 28.1 Å². The quantitative estimate of drug-likeness (QED) is 0.778. The Labute approximate surface area is 132 Å². The standard InChI is InChI=1S/C15H17N5OS/c1-4-21-15-17-12-8-6-5-7-11(12)13(18-15)16-9(2)14-20-19-10(3)22-14/h5-9H,4H2,1-3H3,(H,16,17,18). The fourth-order valence-corrected chi connectivity index (χ4v) is 2.81. The van der Waals surface area contributed by atoms with Crippen LogP contribution in [0.25, 0.3) is 10.9 Å². The number of para-hydroxylation sites is 1. The van der Waals surface area contributed by atoms with Crippen molar-refractivity contribution in [3.05, 3.63) is 34.3 Å². The third kappa shape index (κ3) is 2.99. The van der Waals surface area contributed by atoms with Crippen molar-refractivity contribution in [1.82, 2.24) is 20.2 Å². The van der Waals surface area contributed by atoms with Gasteiger partial charge in [-0.3, -0.25) is 0 Å². The molecule has 1 N–H and O–H groups in total. The Bertz CT molecular complexity index is 788. The third-order valence-electron chi connectivity index (χ3n) is 3.12. The molecule has 0 aliphatic heterocycles. The Kier molecular flexibility index (Phi) is 4.15. The zero-order valence-corrected chi connectivity index (χ0v) is 13.5. The van der Waals surface area contributed by atoms with Crippen molar-refractivity contribution in [2.45, 2.75) is 26.8 Å². The van der Waals surface area contributed by atoms with Gasteiger partial charge in [0.05, 0.1) is 18.2 Å². The van der Waals surface area contributed by atoms with E-state index in [1.54, 1.807) is 11.3 Å². The van der Waals surface area contributed by atoms with Gasteiger partial charge in [0.1, 0.15) is 15.8 Å². The van der Waals surface area contributed by atoms with E-state index in [-0.39, 0.29) is 6.04 Å². The second-order valence-electron chi connectivity index (χ2n) is 4.83. The van der Waals surface area contributed by atoms with Crippen molar-refractivity contribution in [3.63, 3.8) is 0 Å². The summed E-state index contributed by atoms with van der Waals surface area (Å²) in [5.74, 6) is 0.745. The fourth-order valence-electron chi connectivity index (χ4n) is 2.11. The maximum atomic E-state index is 5.46. The van der Waals surface area contributed by atoms with E-state index in [2.05, 4.69) is 25.5 Å². The van der Waals surface area contributed by atoms with Crippen molar-refractivity contribution in [2.75, 3.05) is 11.9 Å². The highest BCUT2D eigenvalue weighted by atomic mass is 32.1. The first-order valence-electron chi connectivity index (χ1n) is 7.13. The molecule has 0 radical (unpaired) electrons. The lowest BCUT2D eigenvalue weighted by molar-refractivity contribution is 0.314. The molecule has 1 unspecified atom stereocenters. The molecule has 0 saturated carbocycles. The number of fused-ring (bicyclic) bond motifs is 1. The molecular weight excluding hydrogens is 298 g/mol. The van der Waals surface area contributed by atoms with Gasteiger partial charge >= 0.3 is 6.01 Å². The minimum atomic E-state index is 0.0129. The van der Waals surface area contributed by atoms with Gasteiger partial charge in [-0.1, -0.05) is 23.5 Å². The van der Waals surface area contributed by atoms with Gasteiger partial charge in [-0.25, -0.2) is 0 Å². The minimum Gasteiger partial charge on any atom is -0.464 e. The van der Waals surface area contributed by atoms with Crippen molar-refractivity contribution < 1.29 is 4.74 Å². The number of ether oxygens (including phenoxy) is 1. The summed E-state index contributed by atoms with van der Waals surface area (Å²) < 4.78 is 5.46. The molecule has 3 aromatic rings. The predicted octanol–water partition coefficient (Wildman–Crippen LogP) is 3.36. The Morgan fingerprint density at radius 2 is 2.05 bits per heavy atom. The summed E-state index contributed by atoms with van der Waals surface area (Å²) in [7, 11) is 0. The molecular formula is C15H17N5OS. The molecule has 2 heterocycles. The molecule has 0 spiro atoms. The summed E-state index contributed by atoms with van der Waals surface area (Å²) in [5, 5.41) is 14.5. The van der Waals surface area contributed by atoms with Crippen LogP contribution in [0.4, 0.5) is 5.82 Å². The number of benzene rings is 1. The van der Waals surface area contributed by atoms with Crippen LogP contribution >= 0.6 is 11.3 Å². The zero-order chi connectivity index (χ0) is 15.5. The van der Waals surface area contributed by atoms with E-state index in [1.165, 1.54) is 0 Å². The minimum absolute atomic E-state index is 0.0129. The van der Waals surface area contributed by atoms with Crippen molar-refractivity contribution in [3.8, 4) is 6.01 Å². The van der Waals surface area contributed by atoms with E-state index in [0.717, 1.165) is 26.7 Å². The molecule has 6 nitrogen and oxygen atoms in total. The monoisotopic (exact) mass is 315 g/mol. The van der Waals surface area contributed by atoms with Crippen LogP contribution in [-0.2, 0) is 0 Å². The normalized spacial score (nSPS) is 12.3. The maximum absolute atomic E-state index is 5.46. The van der Waals surface area contributed by atoms with Gasteiger partial charge in [-0.05, 0) is 32.9 Å². The largest absolute Gasteiger partial charge is 0.464 e. The van der Waals surface area contributed by atoms with Gasteiger partial charge in [-0.15, -0.1) is 10.2 Å². The van der Waals surface area contributed by atoms with Gasteiger partial charge in [0.2, 0.25) is 0 Å². The van der Waals surface area contributed by atoms with Crippen LogP contribution in [0, 0.1) is 6.92 Å². The molecule has 0 amide bonds. The van der Waals surface area contributed by atoms with Gasteiger partial charge in [0.15, 0.2) is 0 Å². The summed E-state index contributed by atoms with van der Waals surface area (Å²) in [4.78, 5) is 8.89. The van der Waals surface area contributed by atoms with E-state index >= 15 is 0 Å². The van der Waals surface area contributed by atoms with E-state index in [1.807, 2.05) is 45.0 Å². The molecule has 22 heavy (non-hydrogen) atoms. The number of nitrogens with zero attached hydrogens (tertiary/aromatic N) is 4. The molecule has 0 fully saturated rings. The van der Waals surface area contributed by atoms with Crippen LogP contribution in [0.5, 0.6) is 6.01 Å². The van der Waals surface area contributed by atoms with Gasteiger partial charge in [-0.2, -0.15) is 9.97 Å². The first-order valence-corrected chi connectivity index (χ1v) is 7.95. The van der Waals surface area contributed by atoms with Crippen LogP contribution in [0.1, 0.15) is 29.9 Å². The summed E-state index contributed by atoms with van der Waals surface area (Å²) in [6.45, 7) is 6.43. The second-order valence-corrected chi connectivity index (χ2v) is 6.04. The highest BCUT2D eigenvalue weighted by molar-refractivity contribution is 7.11. The first-order chi connectivity index (χ1) is 10.7. The molecule has 7 heteroatoms. The van der Waals surface area contributed by atoms with Gasteiger partial charge in [0.25, 0.3) is 0 Å². The number of anilines is 1. The number of hydrogen-bond donors (Lipinski definition) is 1. The van der Waals surface area contributed by atoms with Gasteiger partial charge in [0, 0.05) is 5.39 Å². The van der Waals surface area contributed by atoms with Crippen molar-refractivity contribution in [2.24, 2.45) is 0 Å². The third-order valence-corrected chi connectivity index (χ3v) is 4.14. The molecule has 0 aliphatic carbocycles. The van der Waals surface area contributed by atoms with E-state index in [4.69, 9.17) is 4.74 Å². The van der Waals surface area contributed by atoms with Gasteiger partial charge < -0.3 is 10.1 Å². The van der Waals surface area contributed by atoms with E-state index in [0.29, 0.717) is 12.6 Å². The second kappa shape index (κ2) is 6.23. The SMILES string of the molecule is CCOc1nc(NC(C)c2nnc(C)s2)c2ccccc2n1. The Hall–Kier alpha value is -2.28. The molecule has 0 aliphatic rings. The Balaban J connectivity index is 1.97. The molecule has 0 bridgehead atoms. The zero-order valence-electron chi connectivity index (χ0n) is 12.7. The van der Waals surface area contributed by atoms with Crippen LogP contribution < -0.4 is 10.1 Å². The highest BCUT2D eigenvalue weighted by Crippen LogP contribution is 2.27. The number of nitrogens with one attached hydrogen (secondary N) is 1. The average molecular weight is 315 g/mol. The lowest BCUT2D eigenvalue weighted by Gasteiger charge is -2.14. The van der Waals surface area contributed by atoms with Crippen LogP contribution in [0.15, 0.2) is 24.3 Å². The number of aryl methyl sites for hydroxylation is 1. The molecule has 1 atom stereocenters. The number of hydrogen-bond acceptors (Lipinski definition) is 7. The molecule has 1 aromatic carbocycles.